The summed E-state index contributed by atoms with van der Waals surface area (Å²) in [5.74, 6) is -2.31. The Bertz CT molecular complexity index is 2090. The Morgan fingerprint density at radius 1 is 0.934 bits per heavy atom. The molecule has 0 radical (unpaired) electrons. The predicted octanol–water partition coefficient (Wildman–Crippen LogP) is 4.19. The summed E-state index contributed by atoms with van der Waals surface area (Å²) in [6.07, 6.45) is 5.16. The van der Waals surface area contributed by atoms with Gasteiger partial charge >= 0.3 is 12.1 Å². The molecule has 4 heterocycles. The molecule has 4 rings (SSSR count). The number of carbonyl (C=O) groups is 5. The Morgan fingerprint density at radius 3 is 2.21 bits per heavy atom. The van der Waals surface area contributed by atoms with Gasteiger partial charge in [0.1, 0.15) is 28.6 Å². The number of hydrogen-bond donors (Lipinski definition) is 4. The number of esters is 1. The summed E-state index contributed by atoms with van der Waals surface area (Å²) >= 11 is 0.956. The van der Waals surface area contributed by atoms with Gasteiger partial charge in [-0.2, -0.15) is 4.73 Å². The third-order valence-electron chi connectivity index (χ3n) is 8.22. The minimum atomic E-state index is -1.67. The summed E-state index contributed by atoms with van der Waals surface area (Å²) < 4.78 is 23.0. The second kappa shape index (κ2) is 20.4. The first-order chi connectivity index (χ1) is 28.6. The third kappa shape index (κ3) is 14.0. The predicted molar refractivity (Wildman–Crippen MR) is 223 cm³/mol. The molecule has 21 heteroatoms. The highest BCUT2D eigenvalue weighted by atomic mass is 32.1. The van der Waals surface area contributed by atoms with E-state index in [4.69, 9.17) is 23.8 Å². The molecule has 0 bridgehead atoms. The van der Waals surface area contributed by atoms with Crippen LogP contribution in [0.1, 0.15) is 111 Å². The van der Waals surface area contributed by atoms with E-state index < -0.39 is 64.4 Å². The largest absolute Gasteiger partial charge is 0.618 e. The highest BCUT2D eigenvalue weighted by molar-refractivity contribution is 7.14. The molecule has 0 saturated carbocycles. The normalized spacial score (nSPS) is 15.4. The molecule has 1 saturated heterocycles. The lowest BCUT2D eigenvalue weighted by Gasteiger charge is -2.37. The van der Waals surface area contributed by atoms with Gasteiger partial charge in [-0.05, 0) is 74.3 Å². The molecule has 0 spiro atoms. The molecule has 4 amide bonds. The van der Waals surface area contributed by atoms with Gasteiger partial charge in [-0.15, -0.1) is 11.3 Å². The van der Waals surface area contributed by atoms with E-state index in [-0.39, 0.29) is 40.3 Å². The minimum Gasteiger partial charge on any atom is -0.618 e. The second-order valence-electron chi connectivity index (χ2n) is 16.4. The first-order valence-corrected chi connectivity index (χ1v) is 20.7. The van der Waals surface area contributed by atoms with Crippen molar-refractivity contribution in [1.82, 2.24) is 30.9 Å². The van der Waals surface area contributed by atoms with Crippen molar-refractivity contribution < 1.29 is 52.5 Å². The van der Waals surface area contributed by atoms with Crippen LogP contribution in [0.15, 0.2) is 35.1 Å². The number of hydrogen-bond acceptors (Lipinski definition) is 16. The average molecular weight is 870 g/mol. The van der Waals surface area contributed by atoms with Gasteiger partial charge in [0.25, 0.3) is 17.5 Å². The van der Waals surface area contributed by atoms with Crippen LogP contribution >= 0.6 is 11.3 Å². The maximum Gasteiger partial charge on any atom is 0.413 e. The number of unbranched alkanes of at least 4 members (excludes halogenated alkanes) is 2. The lowest BCUT2D eigenvalue weighted by Crippen LogP contribution is -2.72. The molecule has 0 aliphatic carbocycles. The van der Waals surface area contributed by atoms with Crippen LogP contribution in [-0.2, 0) is 28.7 Å². The number of nitrogens with one attached hydrogen (secondary N) is 4. The van der Waals surface area contributed by atoms with E-state index in [1.54, 1.807) is 41.5 Å². The Hall–Kier alpha value is -6.12. The molecular formula is C40H55N9O11S. The fourth-order valence-corrected chi connectivity index (χ4v) is 5.74. The van der Waals surface area contributed by atoms with Gasteiger partial charge in [-0.1, -0.05) is 31.8 Å². The lowest BCUT2D eigenvalue weighted by molar-refractivity contribution is -0.594. The number of carbonyl (C=O) groups excluding carboxylic acids is 5. The summed E-state index contributed by atoms with van der Waals surface area (Å²) in [5, 5.41) is 29.0. The molecule has 1 fully saturated rings. The van der Waals surface area contributed by atoms with E-state index in [1.807, 2.05) is 13.8 Å². The number of nitrogens with zero attached hydrogens (tertiary/aromatic N) is 5. The van der Waals surface area contributed by atoms with E-state index in [1.165, 1.54) is 43.8 Å². The minimum absolute atomic E-state index is 0.0295. The number of ether oxygens (including phenoxy) is 4. The Morgan fingerprint density at radius 2 is 1.59 bits per heavy atom. The fraction of sp³-hybridized carbons (Fsp3) is 0.550. The van der Waals surface area contributed by atoms with E-state index in [0.717, 1.165) is 37.0 Å². The van der Waals surface area contributed by atoms with Gasteiger partial charge in [0.2, 0.25) is 29.3 Å². The van der Waals surface area contributed by atoms with Crippen molar-refractivity contribution in [2.75, 3.05) is 25.1 Å². The zero-order valence-electron chi connectivity index (χ0n) is 36.1. The zero-order valence-corrected chi connectivity index (χ0v) is 36.9. The molecule has 332 valence electrons. The molecule has 3 aromatic heterocycles. The zero-order chi connectivity index (χ0) is 45.1. The van der Waals surface area contributed by atoms with Crippen LogP contribution in [0, 0.1) is 5.21 Å². The maximum atomic E-state index is 13.8. The molecule has 1 aliphatic heterocycles. The number of thiazole rings is 1. The third-order valence-corrected chi connectivity index (χ3v) is 8.98. The number of β-lactam (4-membered cyclic amide) rings is 1. The van der Waals surface area contributed by atoms with Gasteiger partial charge in [-0.3, -0.25) is 19.7 Å². The van der Waals surface area contributed by atoms with Crippen molar-refractivity contribution in [3.05, 3.63) is 46.5 Å². The van der Waals surface area contributed by atoms with Gasteiger partial charge in [0, 0.05) is 18.1 Å². The van der Waals surface area contributed by atoms with Crippen LogP contribution in [0.5, 0.6) is 11.5 Å². The number of anilines is 1. The summed E-state index contributed by atoms with van der Waals surface area (Å²) in [4.78, 5) is 83.5. The topological polar surface area (TPSA) is 258 Å². The first kappa shape index (κ1) is 47.6. The van der Waals surface area contributed by atoms with Crippen LogP contribution in [0.4, 0.5) is 9.93 Å². The number of amides is 4. The van der Waals surface area contributed by atoms with Crippen LogP contribution in [0.25, 0.3) is 11.5 Å². The molecular weight excluding hydrogens is 815 g/mol. The Balaban J connectivity index is 1.50. The first-order valence-electron chi connectivity index (χ1n) is 19.8. The van der Waals surface area contributed by atoms with Crippen molar-refractivity contribution in [1.29, 1.82) is 0 Å². The number of rotatable bonds is 19. The number of pyridine rings is 1. The monoisotopic (exact) mass is 869 g/mol. The molecule has 1 aliphatic rings. The van der Waals surface area contributed by atoms with E-state index in [0.29, 0.717) is 23.7 Å². The molecule has 3 aromatic rings. The van der Waals surface area contributed by atoms with Gasteiger partial charge in [0.05, 0.1) is 25.3 Å². The van der Waals surface area contributed by atoms with E-state index >= 15 is 0 Å². The lowest BCUT2D eigenvalue weighted by atomic mass is 9.98. The standard InChI is InChI=1S/C40H55N9O11S/c1-11-13-17-56-27-19-26(49(55)21-28(27)57-18-14-12-2)31-41-16-15-23(43-31)32(50)42-20-24-29(33(51)44-24)46-34(52)30(48-60-40(9,10)35(53)58-38(3,4)5)25-22-61-36(45-25)47-37(54)59-39(6,7)8/h15-16,19,21-22,24,29H,11-14,17-18,20H2,1-10H3,(H,42,50)(H,44,51)(H,46,52)(H,45,47,54)/b48-30-/t24-,29+/m1/s1. The van der Waals surface area contributed by atoms with E-state index in [2.05, 4.69) is 41.4 Å². The molecule has 4 N–H and O–H groups in total. The number of aromatic nitrogens is 4. The molecule has 20 nitrogen and oxygen atoms in total. The molecule has 61 heavy (non-hydrogen) atoms. The van der Waals surface area contributed by atoms with Crippen molar-refractivity contribution in [2.24, 2.45) is 5.16 Å². The molecule has 0 aromatic carbocycles. The van der Waals surface area contributed by atoms with Gasteiger partial charge in [-0.25, -0.2) is 24.5 Å². The number of oxime groups is 1. The second-order valence-corrected chi connectivity index (χ2v) is 17.2. The summed E-state index contributed by atoms with van der Waals surface area (Å²) in [7, 11) is 0. The molecule has 0 unspecified atom stereocenters. The van der Waals surface area contributed by atoms with E-state index in [9.17, 15) is 29.2 Å². The highest BCUT2D eigenvalue weighted by Crippen LogP contribution is 2.30. The van der Waals surface area contributed by atoms with Gasteiger partial charge in [0.15, 0.2) is 16.6 Å². The van der Waals surface area contributed by atoms with Crippen molar-refractivity contribution in [3.8, 4) is 23.0 Å². The molecule has 2 atom stereocenters. The Labute approximate surface area is 358 Å². The highest BCUT2D eigenvalue weighted by Gasteiger charge is 2.42. The van der Waals surface area contributed by atoms with Crippen molar-refractivity contribution in [3.63, 3.8) is 0 Å². The SMILES string of the molecule is CCCCOc1cc(-c2nccc(C(=O)NC[C@H]3NC(=O)[C@H]3NC(=O)/C(=N\OC(C)(C)C(=O)OC(C)(C)C)c3csc(NC(=O)OC(C)(C)C)n3)n2)[n+]([O-])cc1OCCCC. The fourth-order valence-electron chi connectivity index (χ4n) is 5.06. The Kier molecular flexibility index (Phi) is 15.9. The van der Waals surface area contributed by atoms with Crippen LogP contribution in [-0.4, -0.2) is 99.1 Å². The summed E-state index contributed by atoms with van der Waals surface area (Å²) in [5.41, 5.74) is -3.85. The van der Waals surface area contributed by atoms with Gasteiger partial charge < -0.3 is 44.9 Å². The van der Waals surface area contributed by atoms with Crippen molar-refractivity contribution in [2.45, 2.75) is 124 Å². The summed E-state index contributed by atoms with van der Waals surface area (Å²) in [6.45, 7) is 17.6. The quantitative estimate of drug-likeness (QED) is 0.0251. The van der Waals surface area contributed by atoms with Crippen LogP contribution < -0.4 is 35.5 Å². The van der Waals surface area contributed by atoms with Crippen molar-refractivity contribution >= 4 is 52.0 Å². The average Bonchev–Trinajstić information content (AvgIpc) is 3.62. The smallest absolute Gasteiger partial charge is 0.413 e. The van der Waals surface area contributed by atoms with Crippen LogP contribution in [0.3, 0.4) is 0 Å². The summed E-state index contributed by atoms with van der Waals surface area (Å²) in [6, 6.07) is 0.895. The van der Waals surface area contributed by atoms with Crippen LogP contribution in [0.2, 0.25) is 0 Å². The maximum absolute atomic E-state index is 13.8.